The maximum Gasteiger partial charge on any atom is 0.416 e. The first kappa shape index (κ1) is 25.8. The Morgan fingerprint density at radius 1 is 1.08 bits per heavy atom. The highest BCUT2D eigenvalue weighted by Crippen LogP contribution is 2.36. The lowest BCUT2D eigenvalue weighted by molar-refractivity contribution is -0.155. The molecule has 9 heteroatoms. The molecule has 190 valence electrons. The highest BCUT2D eigenvalue weighted by Gasteiger charge is 2.30. The van der Waals surface area contributed by atoms with Gasteiger partial charge < -0.3 is 14.0 Å². The molecule has 0 aliphatic carbocycles. The van der Waals surface area contributed by atoms with Gasteiger partial charge in [0.15, 0.2) is 0 Å². The Bertz CT molecular complexity index is 1380. The van der Waals surface area contributed by atoms with Crippen molar-refractivity contribution in [1.82, 2.24) is 9.55 Å². The van der Waals surface area contributed by atoms with Gasteiger partial charge in [-0.15, -0.1) is 11.3 Å². The van der Waals surface area contributed by atoms with Crippen LogP contribution in [0, 0.1) is 6.92 Å². The third kappa shape index (κ3) is 5.90. The smallest absolute Gasteiger partial charge is 0.416 e. The predicted octanol–water partition coefficient (Wildman–Crippen LogP) is 7.57. The summed E-state index contributed by atoms with van der Waals surface area (Å²) < 4.78 is 52.1. The number of alkyl halides is 3. The van der Waals surface area contributed by atoms with Gasteiger partial charge in [0, 0.05) is 17.8 Å². The number of ether oxygens (including phenoxy) is 2. The summed E-state index contributed by atoms with van der Waals surface area (Å²) >= 11 is 1.39. The maximum absolute atomic E-state index is 12.9. The van der Waals surface area contributed by atoms with Crippen molar-refractivity contribution in [2.75, 3.05) is 0 Å². The van der Waals surface area contributed by atoms with E-state index in [2.05, 4.69) is 4.98 Å². The van der Waals surface area contributed by atoms with Gasteiger partial charge in [-0.05, 0) is 70.3 Å². The number of hydrogen-bond acceptors (Lipinski definition) is 5. The molecule has 0 fully saturated rings. The van der Waals surface area contributed by atoms with Gasteiger partial charge in [-0.1, -0.05) is 12.1 Å². The standard InChI is InChI=1S/C27H27F3N2O3S/c1-16-24(36-25(31-16)19-6-9-20(10-7-19)27(28,29)30)17(2)34-21-11-8-18-12-13-32(22(18)14-21)15-23(33)35-26(3,4)5/h6-14,17H,15H2,1-5H3. The van der Waals surface area contributed by atoms with Crippen LogP contribution in [-0.2, 0) is 22.3 Å². The molecular weight excluding hydrogens is 489 g/mol. The number of aromatic nitrogens is 2. The lowest BCUT2D eigenvalue weighted by Gasteiger charge is -2.20. The van der Waals surface area contributed by atoms with E-state index in [0.717, 1.165) is 33.6 Å². The normalized spacial score (nSPS) is 13.1. The zero-order valence-corrected chi connectivity index (χ0v) is 21.5. The van der Waals surface area contributed by atoms with Gasteiger partial charge in [0.05, 0.1) is 21.7 Å². The zero-order valence-electron chi connectivity index (χ0n) is 20.6. The van der Waals surface area contributed by atoms with Crippen LogP contribution in [0.3, 0.4) is 0 Å². The largest absolute Gasteiger partial charge is 0.485 e. The van der Waals surface area contributed by atoms with E-state index in [1.165, 1.54) is 23.5 Å². The molecule has 0 amide bonds. The molecule has 0 saturated carbocycles. The van der Waals surface area contributed by atoms with Crippen molar-refractivity contribution in [2.24, 2.45) is 0 Å². The number of hydrogen-bond donors (Lipinski definition) is 0. The van der Waals surface area contributed by atoms with Crippen LogP contribution in [0.2, 0.25) is 0 Å². The summed E-state index contributed by atoms with van der Waals surface area (Å²) in [6.07, 6.45) is -2.87. The van der Waals surface area contributed by atoms with E-state index < -0.39 is 17.3 Å². The zero-order chi connectivity index (χ0) is 26.3. The minimum atomic E-state index is -4.38. The van der Waals surface area contributed by atoms with Crippen molar-refractivity contribution in [3.05, 3.63) is 70.9 Å². The Labute approximate surface area is 211 Å². The van der Waals surface area contributed by atoms with E-state index in [-0.39, 0.29) is 18.6 Å². The van der Waals surface area contributed by atoms with Gasteiger partial charge in [0.25, 0.3) is 0 Å². The summed E-state index contributed by atoms with van der Waals surface area (Å²) in [7, 11) is 0. The average molecular weight is 517 g/mol. The Morgan fingerprint density at radius 2 is 1.78 bits per heavy atom. The summed E-state index contributed by atoms with van der Waals surface area (Å²) in [5, 5.41) is 1.60. The number of esters is 1. The molecule has 2 aromatic heterocycles. The Morgan fingerprint density at radius 3 is 2.42 bits per heavy atom. The fourth-order valence-corrected chi connectivity index (χ4v) is 4.91. The van der Waals surface area contributed by atoms with Gasteiger partial charge in [0.1, 0.15) is 29.0 Å². The second kappa shape index (κ2) is 9.61. The van der Waals surface area contributed by atoms with Crippen LogP contribution in [0.25, 0.3) is 21.5 Å². The molecule has 1 unspecified atom stereocenters. The van der Waals surface area contributed by atoms with Crippen molar-refractivity contribution in [1.29, 1.82) is 0 Å². The van der Waals surface area contributed by atoms with E-state index in [9.17, 15) is 18.0 Å². The number of rotatable bonds is 6. The summed E-state index contributed by atoms with van der Waals surface area (Å²) in [4.78, 5) is 17.7. The van der Waals surface area contributed by atoms with Crippen LogP contribution >= 0.6 is 11.3 Å². The number of carbonyl (C=O) groups is 1. The number of nitrogens with zero attached hydrogens (tertiary/aromatic N) is 2. The van der Waals surface area contributed by atoms with Gasteiger partial charge in [-0.2, -0.15) is 13.2 Å². The number of benzene rings is 2. The van der Waals surface area contributed by atoms with E-state index in [0.29, 0.717) is 16.3 Å². The first-order valence-electron chi connectivity index (χ1n) is 11.4. The minimum Gasteiger partial charge on any atom is -0.485 e. The highest BCUT2D eigenvalue weighted by atomic mass is 32.1. The quantitative estimate of drug-likeness (QED) is 0.248. The summed E-state index contributed by atoms with van der Waals surface area (Å²) in [5.41, 5.74) is 0.975. The molecule has 0 aliphatic heterocycles. The Balaban J connectivity index is 1.52. The van der Waals surface area contributed by atoms with Gasteiger partial charge in [-0.25, -0.2) is 4.98 Å². The molecule has 0 spiro atoms. The molecule has 0 saturated heterocycles. The molecule has 0 bridgehead atoms. The number of fused-ring (bicyclic) bond motifs is 1. The van der Waals surface area contributed by atoms with Crippen molar-refractivity contribution >= 4 is 28.2 Å². The molecule has 4 aromatic rings. The lowest BCUT2D eigenvalue weighted by atomic mass is 10.1. The second-order valence-corrected chi connectivity index (χ2v) is 10.6. The molecule has 2 aromatic carbocycles. The molecule has 0 radical (unpaired) electrons. The number of aryl methyl sites for hydroxylation is 1. The molecular formula is C27H27F3N2O3S. The lowest BCUT2D eigenvalue weighted by Crippen LogP contribution is -2.26. The fourth-order valence-electron chi connectivity index (χ4n) is 3.86. The van der Waals surface area contributed by atoms with E-state index >= 15 is 0 Å². The number of halogens is 3. The van der Waals surface area contributed by atoms with Crippen LogP contribution in [0.5, 0.6) is 5.75 Å². The molecule has 0 N–H and O–H groups in total. The monoisotopic (exact) mass is 516 g/mol. The maximum atomic E-state index is 12.9. The average Bonchev–Trinajstić information content (AvgIpc) is 3.35. The fraction of sp³-hybridized carbons (Fsp3) is 0.333. The molecule has 1 atom stereocenters. The Hall–Kier alpha value is -3.33. The molecule has 36 heavy (non-hydrogen) atoms. The first-order valence-corrected chi connectivity index (χ1v) is 12.2. The second-order valence-electron chi connectivity index (χ2n) is 9.55. The SMILES string of the molecule is Cc1nc(-c2ccc(C(F)(F)F)cc2)sc1C(C)Oc1ccc2ccn(CC(=O)OC(C)(C)C)c2c1. The van der Waals surface area contributed by atoms with E-state index in [1.54, 1.807) is 0 Å². The van der Waals surface area contributed by atoms with Gasteiger partial charge in [-0.3, -0.25) is 4.79 Å². The third-order valence-electron chi connectivity index (χ3n) is 5.44. The van der Waals surface area contributed by atoms with Crippen LogP contribution < -0.4 is 4.74 Å². The molecule has 5 nitrogen and oxygen atoms in total. The van der Waals surface area contributed by atoms with Crippen LogP contribution in [0.4, 0.5) is 13.2 Å². The highest BCUT2D eigenvalue weighted by molar-refractivity contribution is 7.15. The van der Waals surface area contributed by atoms with Crippen molar-refractivity contribution in [3.63, 3.8) is 0 Å². The van der Waals surface area contributed by atoms with Gasteiger partial charge in [0.2, 0.25) is 0 Å². The third-order valence-corrected chi connectivity index (χ3v) is 6.81. The number of carbonyl (C=O) groups excluding carboxylic acids is 1. The van der Waals surface area contributed by atoms with E-state index in [1.807, 2.05) is 69.6 Å². The number of thiazole rings is 1. The molecule has 4 rings (SSSR count). The Kier molecular flexibility index (Phi) is 6.88. The van der Waals surface area contributed by atoms with Crippen molar-refractivity contribution in [3.8, 4) is 16.3 Å². The first-order chi connectivity index (χ1) is 16.8. The summed E-state index contributed by atoms with van der Waals surface area (Å²) in [6, 6.07) is 12.6. The van der Waals surface area contributed by atoms with Crippen LogP contribution in [-0.4, -0.2) is 21.1 Å². The van der Waals surface area contributed by atoms with Crippen molar-refractivity contribution in [2.45, 2.75) is 59.0 Å². The van der Waals surface area contributed by atoms with Gasteiger partial charge >= 0.3 is 12.1 Å². The molecule has 0 aliphatic rings. The van der Waals surface area contributed by atoms with Crippen molar-refractivity contribution < 1.29 is 27.4 Å². The summed E-state index contributed by atoms with van der Waals surface area (Å²) in [6.45, 7) is 9.34. The predicted molar refractivity (Wildman–Crippen MR) is 134 cm³/mol. The summed E-state index contributed by atoms with van der Waals surface area (Å²) in [5.74, 6) is 0.304. The minimum absolute atomic E-state index is 0.0875. The van der Waals surface area contributed by atoms with E-state index in [4.69, 9.17) is 9.47 Å². The van der Waals surface area contributed by atoms with Crippen LogP contribution in [0.15, 0.2) is 54.7 Å². The molecule has 2 heterocycles. The van der Waals surface area contributed by atoms with Crippen LogP contribution in [0.1, 0.15) is 49.9 Å². The topological polar surface area (TPSA) is 53.4 Å².